The summed E-state index contributed by atoms with van der Waals surface area (Å²) >= 11 is 1.59. The molecule has 0 bridgehead atoms. The van der Waals surface area contributed by atoms with Gasteiger partial charge in [-0.2, -0.15) is 0 Å². The minimum absolute atomic E-state index is 0.150. The van der Waals surface area contributed by atoms with Gasteiger partial charge in [-0.25, -0.2) is 4.98 Å². The molecule has 4 nitrogen and oxygen atoms in total. The van der Waals surface area contributed by atoms with Gasteiger partial charge in [0.1, 0.15) is 5.01 Å². The standard InChI is InChI=1S/C18H23N3OS/c1-13-7-8-21(16(9-13)11-19)17(22)10-15-12-23-18(20-15)14-5-3-2-4-6-14/h2-6,12-13,16H,7-11,19H2,1H3. The van der Waals surface area contributed by atoms with Gasteiger partial charge < -0.3 is 10.6 Å². The van der Waals surface area contributed by atoms with Crippen LogP contribution in [0.4, 0.5) is 0 Å². The minimum atomic E-state index is 0.150. The van der Waals surface area contributed by atoms with Gasteiger partial charge in [0.25, 0.3) is 0 Å². The maximum Gasteiger partial charge on any atom is 0.228 e. The molecule has 1 saturated heterocycles. The first-order valence-electron chi connectivity index (χ1n) is 8.16. The van der Waals surface area contributed by atoms with E-state index in [4.69, 9.17) is 5.73 Å². The first kappa shape index (κ1) is 16.1. The van der Waals surface area contributed by atoms with E-state index >= 15 is 0 Å². The number of nitrogens with zero attached hydrogens (tertiary/aromatic N) is 2. The SMILES string of the molecule is CC1CCN(C(=O)Cc2csc(-c3ccccc3)n2)C(CN)C1. The lowest BCUT2D eigenvalue weighted by molar-refractivity contribution is -0.134. The Labute approximate surface area is 141 Å². The van der Waals surface area contributed by atoms with Crippen LogP contribution in [-0.2, 0) is 11.2 Å². The number of amides is 1. The van der Waals surface area contributed by atoms with Crippen LogP contribution in [0.1, 0.15) is 25.5 Å². The Kier molecular flexibility index (Phi) is 5.08. The monoisotopic (exact) mass is 329 g/mol. The highest BCUT2D eigenvalue weighted by Gasteiger charge is 2.29. The maximum atomic E-state index is 12.6. The molecule has 1 aromatic heterocycles. The van der Waals surface area contributed by atoms with Crippen LogP contribution in [0.2, 0.25) is 0 Å². The van der Waals surface area contributed by atoms with Crippen molar-refractivity contribution in [1.82, 2.24) is 9.88 Å². The van der Waals surface area contributed by atoms with Gasteiger partial charge in [0.15, 0.2) is 0 Å². The largest absolute Gasteiger partial charge is 0.338 e. The summed E-state index contributed by atoms with van der Waals surface area (Å²) < 4.78 is 0. The normalized spacial score (nSPS) is 21.4. The number of aromatic nitrogens is 1. The number of piperidine rings is 1. The molecule has 5 heteroatoms. The van der Waals surface area contributed by atoms with Gasteiger partial charge >= 0.3 is 0 Å². The first-order chi connectivity index (χ1) is 11.2. The van der Waals surface area contributed by atoms with Crippen molar-refractivity contribution in [2.24, 2.45) is 11.7 Å². The second-order valence-electron chi connectivity index (χ2n) is 6.29. The number of hydrogen-bond donors (Lipinski definition) is 1. The molecule has 0 aliphatic carbocycles. The van der Waals surface area contributed by atoms with Gasteiger partial charge in [-0.1, -0.05) is 37.3 Å². The number of thiazole rings is 1. The second kappa shape index (κ2) is 7.23. The van der Waals surface area contributed by atoms with E-state index < -0.39 is 0 Å². The molecule has 1 fully saturated rings. The smallest absolute Gasteiger partial charge is 0.228 e. The molecule has 23 heavy (non-hydrogen) atoms. The Morgan fingerprint density at radius 3 is 2.91 bits per heavy atom. The van der Waals surface area contributed by atoms with Crippen LogP contribution in [0.3, 0.4) is 0 Å². The van der Waals surface area contributed by atoms with E-state index in [9.17, 15) is 4.79 Å². The van der Waals surface area contributed by atoms with E-state index in [1.165, 1.54) is 0 Å². The van der Waals surface area contributed by atoms with Gasteiger partial charge in [0, 0.05) is 30.1 Å². The fourth-order valence-corrected chi connectivity index (χ4v) is 3.99. The Hall–Kier alpha value is -1.72. The van der Waals surface area contributed by atoms with E-state index in [2.05, 4.69) is 11.9 Å². The summed E-state index contributed by atoms with van der Waals surface area (Å²) in [5.74, 6) is 0.800. The topological polar surface area (TPSA) is 59.2 Å². The number of rotatable bonds is 4. The third kappa shape index (κ3) is 3.79. The van der Waals surface area contributed by atoms with Gasteiger partial charge in [-0.05, 0) is 18.8 Å². The lowest BCUT2D eigenvalue weighted by Crippen LogP contribution is -2.49. The van der Waals surface area contributed by atoms with Crippen molar-refractivity contribution < 1.29 is 4.79 Å². The van der Waals surface area contributed by atoms with Crippen molar-refractivity contribution in [3.05, 3.63) is 41.4 Å². The van der Waals surface area contributed by atoms with Crippen molar-refractivity contribution in [1.29, 1.82) is 0 Å². The lowest BCUT2D eigenvalue weighted by Gasteiger charge is -2.38. The highest BCUT2D eigenvalue weighted by Crippen LogP contribution is 2.25. The van der Waals surface area contributed by atoms with Crippen molar-refractivity contribution in [3.63, 3.8) is 0 Å². The Bertz CT molecular complexity index is 655. The predicted molar refractivity (Wildman–Crippen MR) is 94.2 cm³/mol. The zero-order valence-corrected chi connectivity index (χ0v) is 14.3. The zero-order chi connectivity index (χ0) is 16.2. The summed E-state index contributed by atoms with van der Waals surface area (Å²) in [5, 5.41) is 2.96. The third-order valence-electron chi connectivity index (χ3n) is 4.48. The van der Waals surface area contributed by atoms with Crippen LogP contribution < -0.4 is 5.73 Å². The van der Waals surface area contributed by atoms with Crippen molar-refractivity contribution >= 4 is 17.2 Å². The summed E-state index contributed by atoms with van der Waals surface area (Å²) in [5.41, 5.74) is 7.81. The quantitative estimate of drug-likeness (QED) is 0.938. The Morgan fingerprint density at radius 2 is 2.17 bits per heavy atom. The van der Waals surface area contributed by atoms with E-state index in [0.717, 1.165) is 35.7 Å². The van der Waals surface area contributed by atoms with Gasteiger partial charge in [-0.3, -0.25) is 4.79 Å². The molecule has 2 aromatic rings. The fourth-order valence-electron chi connectivity index (χ4n) is 3.16. The van der Waals surface area contributed by atoms with E-state index in [1.54, 1.807) is 11.3 Å². The highest BCUT2D eigenvalue weighted by molar-refractivity contribution is 7.13. The number of likely N-dealkylation sites (tertiary alicyclic amines) is 1. The van der Waals surface area contributed by atoms with E-state index in [0.29, 0.717) is 18.9 Å². The van der Waals surface area contributed by atoms with Gasteiger partial charge in [0.2, 0.25) is 5.91 Å². The lowest BCUT2D eigenvalue weighted by atomic mass is 9.92. The Morgan fingerprint density at radius 1 is 1.39 bits per heavy atom. The average Bonchev–Trinajstić information content (AvgIpc) is 3.04. The molecule has 1 aliphatic heterocycles. The molecule has 0 radical (unpaired) electrons. The molecule has 0 spiro atoms. The molecule has 2 heterocycles. The van der Waals surface area contributed by atoms with Crippen LogP contribution in [0.5, 0.6) is 0 Å². The molecule has 0 saturated carbocycles. The Balaban J connectivity index is 1.67. The highest BCUT2D eigenvalue weighted by atomic mass is 32.1. The van der Waals surface area contributed by atoms with Gasteiger partial charge in [-0.15, -0.1) is 11.3 Å². The second-order valence-corrected chi connectivity index (χ2v) is 7.15. The minimum Gasteiger partial charge on any atom is -0.338 e. The van der Waals surface area contributed by atoms with Crippen molar-refractivity contribution in [2.75, 3.05) is 13.1 Å². The van der Waals surface area contributed by atoms with Crippen molar-refractivity contribution in [3.8, 4) is 10.6 Å². The van der Waals surface area contributed by atoms with E-state index in [-0.39, 0.29) is 11.9 Å². The third-order valence-corrected chi connectivity index (χ3v) is 5.42. The summed E-state index contributed by atoms with van der Waals surface area (Å²) in [6.07, 6.45) is 2.44. The molecule has 2 unspecified atom stereocenters. The number of hydrogen-bond acceptors (Lipinski definition) is 4. The molecular weight excluding hydrogens is 306 g/mol. The van der Waals surface area contributed by atoms with Crippen LogP contribution in [0.15, 0.2) is 35.7 Å². The summed E-state index contributed by atoms with van der Waals surface area (Å²) in [4.78, 5) is 19.2. The maximum absolute atomic E-state index is 12.6. The molecule has 1 amide bonds. The average molecular weight is 329 g/mol. The molecule has 3 rings (SSSR count). The van der Waals surface area contributed by atoms with Crippen molar-refractivity contribution in [2.45, 2.75) is 32.2 Å². The summed E-state index contributed by atoms with van der Waals surface area (Å²) in [7, 11) is 0. The van der Waals surface area contributed by atoms with Crippen LogP contribution in [0, 0.1) is 5.92 Å². The summed E-state index contributed by atoms with van der Waals surface area (Å²) in [6.45, 7) is 3.59. The van der Waals surface area contributed by atoms with Crippen LogP contribution in [0.25, 0.3) is 10.6 Å². The van der Waals surface area contributed by atoms with Crippen LogP contribution >= 0.6 is 11.3 Å². The number of carbonyl (C=O) groups is 1. The molecule has 1 aliphatic rings. The molecule has 2 N–H and O–H groups in total. The molecule has 122 valence electrons. The molecule has 1 aromatic carbocycles. The number of nitrogens with two attached hydrogens (primary N) is 1. The number of benzene rings is 1. The zero-order valence-electron chi connectivity index (χ0n) is 13.4. The summed E-state index contributed by atoms with van der Waals surface area (Å²) in [6, 6.07) is 10.3. The fraction of sp³-hybridized carbons (Fsp3) is 0.444. The predicted octanol–water partition coefficient (Wildman–Crippen LogP) is 2.94. The number of carbonyl (C=O) groups excluding carboxylic acids is 1. The molecular formula is C18H23N3OS. The van der Waals surface area contributed by atoms with Gasteiger partial charge in [0.05, 0.1) is 12.1 Å². The van der Waals surface area contributed by atoms with E-state index in [1.807, 2.05) is 40.6 Å². The van der Waals surface area contributed by atoms with Crippen LogP contribution in [-0.4, -0.2) is 34.9 Å². The molecule has 2 atom stereocenters. The first-order valence-corrected chi connectivity index (χ1v) is 9.04.